The third-order valence-corrected chi connectivity index (χ3v) is 2.43. The molecule has 0 saturated heterocycles. The van der Waals surface area contributed by atoms with E-state index in [-0.39, 0.29) is 0 Å². The molecule has 1 aliphatic rings. The van der Waals surface area contributed by atoms with Crippen LogP contribution in [-0.4, -0.2) is 37.0 Å². The van der Waals surface area contributed by atoms with Gasteiger partial charge in [-0.3, -0.25) is 4.48 Å². The van der Waals surface area contributed by atoms with Gasteiger partial charge in [0.1, 0.15) is 6.54 Å². The summed E-state index contributed by atoms with van der Waals surface area (Å²) >= 11 is 0. The fourth-order valence-corrected chi connectivity index (χ4v) is 1.53. The highest BCUT2D eigenvalue weighted by Gasteiger charge is 2.28. The molecule has 1 rings (SSSR count). The van der Waals surface area contributed by atoms with Gasteiger partial charge in [-0.2, -0.15) is 0 Å². The number of hydrogen-bond donors (Lipinski definition) is 0. The average Bonchev–Trinajstić information content (AvgIpc) is 2.15. The molecule has 0 spiro atoms. The van der Waals surface area contributed by atoms with Crippen LogP contribution >= 0.6 is 0 Å². The first-order chi connectivity index (χ1) is 4.69. The molecule has 1 atom stereocenters. The van der Waals surface area contributed by atoms with Crippen molar-refractivity contribution >= 4 is 5.84 Å². The van der Waals surface area contributed by atoms with Gasteiger partial charge in [-0.25, -0.2) is 4.99 Å². The zero-order valence-corrected chi connectivity index (χ0v) is 7.22. The summed E-state index contributed by atoms with van der Waals surface area (Å²) in [5.41, 5.74) is 0. The van der Waals surface area contributed by atoms with Gasteiger partial charge < -0.3 is 0 Å². The highest BCUT2D eigenvalue weighted by molar-refractivity contribution is 5.73. The summed E-state index contributed by atoms with van der Waals surface area (Å²) in [5.74, 6) is 1.31. The standard InChI is InChI=1S/C8H17N2/c1-4-6-10(3)7-5-9-8(10)2/h4-7H2,1-3H3/q+1. The molecule has 0 N–H and O–H groups in total. The molecule has 0 aliphatic carbocycles. The second-order valence-corrected chi connectivity index (χ2v) is 3.27. The second kappa shape index (κ2) is 2.70. The van der Waals surface area contributed by atoms with E-state index in [2.05, 4.69) is 25.9 Å². The lowest BCUT2D eigenvalue weighted by atomic mass is 10.3. The molecule has 1 aliphatic heterocycles. The fourth-order valence-electron chi connectivity index (χ4n) is 1.53. The van der Waals surface area contributed by atoms with Crippen molar-refractivity contribution in [2.75, 3.05) is 26.7 Å². The van der Waals surface area contributed by atoms with Crippen LogP contribution in [-0.2, 0) is 0 Å². The first-order valence-electron chi connectivity index (χ1n) is 4.05. The molecule has 10 heavy (non-hydrogen) atoms. The number of nitrogens with zero attached hydrogens (tertiary/aromatic N) is 2. The Balaban J connectivity index is 2.59. The van der Waals surface area contributed by atoms with E-state index in [9.17, 15) is 0 Å². The molecular weight excluding hydrogens is 124 g/mol. The topological polar surface area (TPSA) is 12.4 Å². The quantitative estimate of drug-likeness (QED) is 0.514. The molecule has 0 radical (unpaired) electrons. The fraction of sp³-hybridized carbons (Fsp3) is 0.875. The number of hydrogen-bond acceptors (Lipinski definition) is 1. The highest BCUT2D eigenvalue weighted by Crippen LogP contribution is 2.11. The minimum atomic E-state index is 1.03. The molecule has 1 heterocycles. The van der Waals surface area contributed by atoms with Gasteiger partial charge in [0.15, 0.2) is 5.84 Å². The minimum absolute atomic E-state index is 1.03. The van der Waals surface area contributed by atoms with Gasteiger partial charge in [0.05, 0.1) is 20.1 Å². The Morgan fingerprint density at radius 1 is 1.60 bits per heavy atom. The molecule has 2 nitrogen and oxygen atoms in total. The Hall–Kier alpha value is -0.370. The van der Waals surface area contributed by atoms with Crippen LogP contribution in [0.2, 0.25) is 0 Å². The zero-order chi connectivity index (χ0) is 7.61. The lowest BCUT2D eigenvalue weighted by Crippen LogP contribution is -2.46. The van der Waals surface area contributed by atoms with Crippen LogP contribution in [0.25, 0.3) is 0 Å². The Labute approximate surface area is 63.2 Å². The van der Waals surface area contributed by atoms with Crippen LogP contribution in [0.3, 0.4) is 0 Å². The molecule has 0 amide bonds. The number of rotatable bonds is 2. The maximum atomic E-state index is 4.40. The molecule has 1 unspecified atom stereocenters. The van der Waals surface area contributed by atoms with E-state index in [1.54, 1.807) is 0 Å². The van der Waals surface area contributed by atoms with Crippen molar-refractivity contribution in [3.05, 3.63) is 0 Å². The van der Waals surface area contributed by atoms with Crippen molar-refractivity contribution in [1.29, 1.82) is 0 Å². The number of likely N-dealkylation sites (N-methyl/N-ethyl adjacent to an activating group) is 1. The van der Waals surface area contributed by atoms with E-state index in [1.807, 2.05) is 0 Å². The lowest BCUT2D eigenvalue weighted by Gasteiger charge is -2.27. The van der Waals surface area contributed by atoms with Crippen LogP contribution < -0.4 is 0 Å². The predicted octanol–water partition coefficient (Wildman–Crippen LogP) is 1.27. The lowest BCUT2D eigenvalue weighted by molar-refractivity contribution is -0.814. The SMILES string of the molecule is CCC[N+]1(C)CCN=C1C. The third-order valence-electron chi connectivity index (χ3n) is 2.43. The monoisotopic (exact) mass is 141 g/mol. The van der Waals surface area contributed by atoms with Crippen molar-refractivity contribution in [1.82, 2.24) is 0 Å². The number of quaternary nitrogens is 1. The maximum Gasteiger partial charge on any atom is 0.195 e. The molecule has 0 bridgehead atoms. The molecule has 0 aromatic heterocycles. The zero-order valence-electron chi connectivity index (χ0n) is 7.22. The van der Waals surface area contributed by atoms with Crippen molar-refractivity contribution in [3.63, 3.8) is 0 Å². The van der Waals surface area contributed by atoms with Crippen molar-refractivity contribution in [3.8, 4) is 0 Å². The van der Waals surface area contributed by atoms with Crippen LogP contribution in [0, 0.1) is 0 Å². The molecule has 0 aromatic rings. The summed E-state index contributed by atoms with van der Waals surface area (Å²) in [6.45, 7) is 7.86. The predicted molar refractivity (Wildman–Crippen MR) is 44.2 cm³/mol. The van der Waals surface area contributed by atoms with Gasteiger partial charge in [-0.05, 0) is 6.42 Å². The summed E-state index contributed by atoms with van der Waals surface area (Å²) in [6, 6.07) is 0. The molecule has 0 fully saturated rings. The van der Waals surface area contributed by atoms with Gasteiger partial charge in [0.25, 0.3) is 0 Å². The van der Waals surface area contributed by atoms with Gasteiger partial charge in [0.2, 0.25) is 0 Å². The van der Waals surface area contributed by atoms with E-state index in [1.165, 1.54) is 25.3 Å². The normalized spacial score (nSPS) is 32.5. The van der Waals surface area contributed by atoms with Gasteiger partial charge in [0, 0.05) is 6.92 Å². The van der Waals surface area contributed by atoms with Gasteiger partial charge in [-0.1, -0.05) is 6.92 Å². The van der Waals surface area contributed by atoms with Crippen LogP contribution in [0.15, 0.2) is 4.99 Å². The first kappa shape index (κ1) is 7.73. The maximum absolute atomic E-state index is 4.40. The van der Waals surface area contributed by atoms with Crippen LogP contribution in [0.1, 0.15) is 20.3 Å². The van der Waals surface area contributed by atoms with Gasteiger partial charge >= 0.3 is 0 Å². The Morgan fingerprint density at radius 3 is 2.70 bits per heavy atom. The Morgan fingerprint density at radius 2 is 2.30 bits per heavy atom. The average molecular weight is 141 g/mol. The Bertz CT molecular complexity index is 151. The molecule has 0 aromatic carbocycles. The summed E-state index contributed by atoms with van der Waals surface area (Å²) < 4.78 is 1.08. The van der Waals surface area contributed by atoms with E-state index in [0.717, 1.165) is 11.0 Å². The molecular formula is C8H17N2+. The van der Waals surface area contributed by atoms with Crippen LogP contribution in [0.5, 0.6) is 0 Å². The van der Waals surface area contributed by atoms with Gasteiger partial charge in [-0.15, -0.1) is 0 Å². The minimum Gasteiger partial charge on any atom is -0.280 e. The summed E-state index contributed by atoms with van der Waals surface area (Å²) in [6.07, 6.45) is 1.25. The summed E-state index contributed by atoms with van der Waals surface area (Å²) in [5, 5.41) is 0. The number of amidine groups is 1. The van der Waals surface area contributed by atoms with Crippen molar-refractivity contribution < 1.29 is 4.48 Å². The second-order valence-electron chi connectivity index (χ2n) is 3.27. The Kier molecular flexibility index (Phi) is 2.09. The van der Waals surface area contributed by atoms with E-state index >= 15 is 0 Å². The molecule has 0 saturated carbocycles. The highest BCUT2D eigenvalue weighted by atomic mass is 15.4. The molecule has 58 valence electrons. The van der Waals surface area contributed by atoms with Crippen molar-refractivity contribution in [2.45, 2.75) is 20.3 Å². The summed E-state index contributed by atoms with van der Waals surface area (Å²) in [7, 11) is 2.27. The van der Waals surface area contributed by atoms with E-state index in [0.29, 0.717) is 0 Å². The number of aliphatic imine (C=N–C) groups is 1. The van der Waals surface area contributed by atoms with E-state index in [4.69, 9.17) is 0 Å². The third kappa shape index (κ3) is 1.21. The van der Waals surface area contributed by atoms with Crippen LogP contribution in [0.4, 0.5) is 0 Å². The largest absolute Gasteiger partial charge is 0.280 e. The molecule has 2 heteroatoms. The summed E-state index contributed by atoms with van der Waals surface area (Å²) in [4.78, 5) is 4.40. The smallest absolute Gasteiger partial charge is 0.195 e. The van der Waals surface area contributed by atoms with E-state index < -0.39 is 0 Å². The first-order valence-corrected chi connectivity index (χ1v) is 4.05. The van der Waals surface area contributed by atoms with Crippen molar-refractivity contribution in [2.24, 2.45) is 4.99 Å².